The molecular weight excluding hydrogens is 536 g/mol. The molecule has 0 spiro atoms. The largest absolute Gasteiger partial charge is 0.458 e. The van der Waals surface area contributed by atoms with Crippen molar-refractivity contribution in [1.29, 1.82) is 5.26 Å². The van der Waals surface area contributed by atoms with E-state index in [4.69, 9.17) is 26.1 Å². The molecule has 2 aromatic heterocycles. The van der Waals surface area contributed by atoms with Crippen molar-refractivity contribution in [3.8, 4) is 12.1 Å². The maximum atomic E-state index is 14.7. The fourth-order valence-electron chi connectivity index (χ4n) is 5.21. The Bertz CT molecular complexity index is 1640. The van der Waals surface area contributed by atoms with Crippen LogP contribution in [0.15, 0.2) is 48.7 Å². The lowest BCUT2D eigenvalue weighted by atomic mass is 9.86. The molecule has 10 heteroatoms. The highest BCUT2D eigenvalue weighted by Crippen LogP contribution is 2.34. The highest BCUT2D eigenvalue weighted by atomic mass is 35.5. The molecule has 0 amide bonds. The van der Waals surface area contributed by atoms with Crippen molar-refractivity contribution in [2.45, 2.75) is 51.4 Å². The van der Waals surface area contributed by atoms with Crippen LogP contribution in [0.1, 0.15) is 48.3 Å². The average Bonchev–Trinajstić information content (AvgIpc) is 3.27. The van der Waals surface area contributed by atoms with E-state index in [1.54, 1.807) is 6.07 Å². The number of hydrogen-bond acceptors (Lipinski definition) is 6. The smallest absolute Gasteiger partial charge is 0.317 e. The molecular formula is C30H26ClF2N5O2. The Morgan fingerprint density at radius 3 is 2.73 bits per heavy atom. The van der Waals surface area contributed by atoms with Crippen LogP contribution >= 0.6 is 11.6 Å². The van der Waals surface area contributed by atoms with Gasteiger partial charge in [-0.05, 0) is 67.5 Å². The van der Waals surface area contributed by atoms with Gasteiger partial charge >= 0.3 is 6.01 Å². The van der Waals surface area contributed by atoms with E-state index >= 15 is 0 Å². The first-order chi connectivity index (χ1) is 19.5. The van der Waals surface area contributed by atoms with E-state index in [9.17, 15) is 14.0 Å². The number of fused-ring (bicyclic) bond motifs is 1. The maximum Gasteiger partial charge on any atom is 0.317 e. The molecule has 0 saturated carbocycles. The summed E-state index contributed by atoms with van der Waals surface area (Å²) in [5.41, 5.74) is 3.71. The summed E-state index contributed by atoms with van der Waals surface area (Å²) in [5.74, 6) is 0.284. The van der Waals surface area contributed by atoms with E-state index in [2.05, 4.69) is 20.6 Å². The molecule has 1 aliphatic carbocycles. The summed E-state index contributed by atoms with van der Waals surface area (Å²) in [6, 6.07) is 12.1. The minimum absolute atomic E-state index is 0.0163. The lowest BCUT2D eigenvalue weighted by Crippen LogP contribution is -2.32. The monoisotopic (exact) mass is 561 g/mol. The predicted octanol–water partition coefficient (Wildman–Crippen LogP) is 6.42. The maximum absolute atomic E-state index is 14.7. The molecule has 1 aliphatic heterocycles. The summed E-state index contributed by atoms with van der Waals surface area (Å²) in [6.45, 7) is 1.42. The summed E-state index contributed by atoms with van der Waals surface area (Å²) in [5, 5.41) is 9.60. The summed E-state index contributed by atoms with van der Waals surface area (Å²) in [4.78, 5) is 13.1. The molecule has 6 rings (SSSR count). The molecule has 1 fully saturated rings. The zero-order valence-corrected chi connectivity index (χ0v) is 22.4. The lowest BCUT2D eigenvalue weighted by molar-refractivity contribution is -0.0590. The molecule has 3 heterocycles. The topological polar surface area (TPSA) is 85.9 Å². The first-order valence-electron chi connectivity index (χ1n) is 13.3. The van der Waals surface area contributed by atoms with Crippen LogP contribution < -0.4 is 4.74 Å². The van der Waals surface area contributed by atoms with Gasteiger partial charge in [-0.1, -0.05) is 23.7 Å². The van der Waals surface area contributed by atoms with Gasteiger partial charge < -0.3 is 14.0 Å². The SMILES string of the molecule is N#Cc1ccc2c(c1)nc(CC1CC=C(c3nc(OCc4ccc(Cl)cc4F)ncc3F)CC1)n2C[C@@H]1CCO1. The van der Waals surface area contributed by atoms with Gasteiger partial charge in [0.2, 0.25) is 0 Å². The molecule has 0 N–H and O–H groups in total. The fourth-order valence-corrected chi connectivity index (χ4v) is 5.37. The van der Waals surface area contributed by atoms with Crippen molar-refractivity contribution in [1.82, 2.24) is 19.5 Å². The van der Waals surface area contributed by atoms with Crippen LogP contribution in [0.4, 0.5) is 8.78 Å². The number of imidazole rings is 1. The van der Waals surface area contributed by atoms with Crippen molar-refractivity contribution in [2.75, 3.05) is 6.61 Å². The lowest BCUT2D eigenvalue weighted by Gasteiger charge is -2.28. The normalized spacial score (nSPS) is 18.7. The number of allylic oxidation sites excluding steroid dienone is 2. The Balaban J connectivity index is 1.16. The van der Waals surface area contributed by atoms with Crippen LogP contribution in [-0.4, -0.2) is 32.2 Å². The van der Waals surface area contributed by atoms with Crippen LogP contribution in [0.2, 0.25) is 5.02 Å². The molecule has 0 radical (unpaired) electrons. The second-order valence-electron chi connectivity index (χ2n) is 10.2. The zero-order valence-electron chi connectivity index (χ0n) is 21.6. The van der Waals surface area contributed by atoms with Gasteiger partial charge in [0.1, 0.15) is 23.9 Å². The predicted molar refractivity (Wildman–Crippen MR) is 146 cm³/mol. The summed E-state index contributed by atoms with van der Waals surface area (Å²) in [6.07, 6.45) is 7.31. The van der Waals surface area contributed by atoms with Gasteiger partial charge in [-0.15, -0.1) is 0 Å². The number of rotatable bonds is 8. The number of aromatic nitrogens is 4. The van der Waals surface area contributed by atoms with E-state index in [1.165, 1.54) is 12.1 Å². The van der Waals surface area contributed by atoms with Crippen LogP contribution in [0.25, 0.3) is 16.6 Å². The van der Waals surface area contributed by atoms with E-state index in [0.29, 0.717) is 28.5 Å². The van der Waals surface area contributed by atoms with Crippen LogP contribution in [-0.2, 0) is 24.3 Å². The first kappa shape index (κ1) is 26.4. The number of nitrogens with zero attached hydrogens (tertiary/aromatic N) is 5. The molecule has 7 nitrogen and oxygen atoms in total. The van der Waals surface area contributed by atoms with Gasteiger partial charge in [-0.3, -0.25) is 0 Å². The Hall–Kier alpha value is -3.87. The number of hydrogen-bond donors (Lipinski definition) is 0. The van der Waals surface area contributed by atoms with Gasteiger partial charge in [-0.2, -0.15) is 10.2 Å². The molecule has 4 aromatic rings. The third kappa shape index (κ3) is 5.55. The van der Waals surface area contributed by atoms with E-state index < -0.39 is 11.6 Å². The molecule has 204 valence electrons. The third-order valence-corrected chi connectivity index (χ3v) is 7.76. The molecule has 2 aliphatic rings. The van der Waals surface area contributed by atoms with E-state index in [1.807, 2.05) is 24.3 Å². The Morgan fingerprint density at radius 1 is 1.12 bits per heavy atom. The van der Waals surface area contributed by atoms with E-state index in [-0.39, 0.29) is 24.4 Å². The first-order valence-corrected chi connectivity index (χ1v) is 13.6. The zero-order chi connectivity index (χ0) is 27.6. The van der Waals surface area contributed by atoms with Gasteiger partial charge in [0.05, 0.1) is 41.5 Å². The second-order valence-corrected chi connectivity index (χ2v) is 10.6. The Morgan fingerprint density at radius 2 is 2.00 bits per heavy atom. The number of ether oxygens (including phenoxy) is 2. The molecule has 1 saturated heterocycles. The van der Waals surface area contributed by atoms with Gasteiger partial charge in [0, 0.05) is 23.6 Å². The van der Waals surface area contributed by atoms with E-state index in [0.717, 1.165) is 67.5 Å². The number of halogens is 3. The van der Waals surface area contributed by atoms with Crippen molar-refractivity contribution in [3.05, 3.63) is 88.0 Å². The van der Waals surface area contributed by atoms with Gasteiger partial charge in [-0.25, -0.2) is 18.7 Å². The average molecular weight is 562 g/mol. The summed E-state index contributed by atoms with van der Waals surface area (Å²) < 4.78 is 42.3. The standard InChI is InChI=1S/C30H26ClF2N5O2/c31-22-7-6-21(24(32)13-22)17-40-30-35-15-25(33)29(37-30)20-4-1-18(2-5-20)12-28-36-26-11-19(14-34)3-8-27(26)38(28)16-23-9-10-39-23/h3-4,6-8,11,13,15,18,23H,1-2,5,9-10,12,16-17H2/t18?,23-/m0/s1. The summed E-state index contributed by atoms with van der Waals surface area (Å²) in [7, 11) is 0. The second kappa shape index (κ2) is 11.3. The Labute approximate surface area is 235 Å². The highest BCUT2D eigenvalue weighted by molar-refractivity contribution is 6.30. The quantitative estimate of drug-likeness (QED) is 0.247. The van der Waals surface area contributed by atoms with Crippen LogP contribution in [0, 0.1) is 28.9 Å². The third-order valence-electron chi connectivity index (χ3n) is 7.52. The molecule has 2 atom stereocenters. The van der Waals surface area contributed by atoms with Crippen LogP contribution in [0.3, 0.4) is 0 Å². The Kier molecular flexibility index (Phi) is 7.46. The number of nitriles is 1. The van der Waals surface area contributed by atoms with Gasteiger partial charge in [0.25, 0.3) is 0 Å². The van der Waals surface area contributed by atoms with Crippen LogP contribution in [0.5, 0.6) is 6.01 Å². The van der Waals surface area contributed by atoms with Crippen molar-refractivity contribution >= 4 is 28.2 Å². The molecule has 40 heavy (non-hydrogen) atoms. The van der Waals surface area contributed by atoms with Gasteiger partial charge in [0.15, 0.2) is 5.82 Å². The van der Waals surface area contributed by atoms with Crippen molar-refractivity contribution in [2.24, 2.45) is 5.92 Å². The molecule has 1 unspecified atom stereocenters. The van der Waals surface area contributed by atoms with Crippen molar-refractivity contribution in [3.63, 3.8) is 0 Å². The number of benzene rings is 2. The summed E-state index contributed by atoms with van der Waals surface area (Å²) >= 11 is 5.81. The minimum atomic E-state index is -0.523. The highest BCUT2D eigenvalue weighted by Gasteiger charge is 2.25. The molecule has 2 aromatic carbocycles. The minimum Gasteiger partial charge on any atom is -0.458 e. The fraction of sp³-hybridized carbons (Fsp3) is 0.333. The van der Waals surface area contributed by atoms with Crippen molar-refractivity contribution < 1.29 is 18.3 Å². The molecule has 0 bridgehead atoms.